The topological polar surface area (TPSA) is 43.4 Å². The minimum Gasteiger partial charge on any atom is -0.497 e. The Morgan fingerprint density at radius 1 is 1.12 bits per heavy atom. The number of rotatable bonds is 5. The molecule has 4 nitrogen and oxygen atoms in total. The Hall–Kier alpha value is -2.53. The number of fused-ring (bicyclic) bond motifs is 1. The van der Waals surface area contributed by atoms with E-state index in [1.165, 1.54) is 0 Å². The first-order chi connectivity index (χ1) is 11.6. The van der Waals surface area contributed by atoms with Gasteiger partial charge in [-0.1, -0.05) is 29.8 Å². The first-order valence-electron chi connectivity index (χ1n) is 7.32. The van der Waals surface area contributed by atoms with Crippen LogP contribution < -0.4 is 14.8 Å². The summed E-state index contributed by atoms with van der Waals surface area (Å²) in [5, 5.41) is 3.63. The van der Waals surface area contributed by atoms with Gasteiger partial charge in [-0.2, -0.15) is 0 Å². The van der Waals surface area contributed by atoms with Crippen molar-refractivity contribution in [1.29, 1.82) is 0 Å². The predicted octanol–water partition coefficient (Wildman–Crippen LogP) is 4.66. The highest BCUT2D eigenvalue weighted by molar-refractivity contribution is 6.35. The lowest BCUT2D eigenvalue weighted by atomic mass is 10.2. The molecule has 3 aromatic rings. The number of hydrogen-bond donors (Lipinski definition) is 1. The summed E-state index contributed by atoms with van der Waals surface area (Å²) in [5.74, 6) is 0.877. The van der Waals surface area contributed by atoms with Crippen molar-refractivity contribution < 1.29 is 13.9 Å². The highest BCUT2D eigenvalue weighted by Gasteiger charge is 2.14. The second-order valence-electron chi connectivity index (χ2n) is 5.14. The van der Waals surface area contributed by atoms with Crippen LogP contribution in [0.5, 0.6) is 11.5 Å². The molecule has 124 valence electrons. The van der Waals surface area contributed by atoms with E-state index in [1.807, 2.05) is 18.2 Å². The summed E-state index contributed by atoms with van der Waals surface area (Å²) in [7, 11) is 3.16. The molecule has 1 N–H and O–H groups in total. The molecule has 3 rings (SSSR count). The number of methoxy groups -OCH3 is 2. The molecule has 0 fully saturated rings. The predicted molar refractivity (Wildman–Crippen MR) is 93.6 cm³/mol. The van der Waals surface area contributed by atoms with Gasteiger partial charge in [0, 0.05) is 23.6 Å². The summed E-state index contributed by atoms with van der Waals surface area (Å²) >= 11 is 6.11. The zero-order valence-corrected chi connectivity index (χ0v) is 14.0. The number of halogens is 2. The van der Waals surface area contributed by atoms with Crippen LogP contribution in [0.4, 0.5) is 10.2 Å². The highest BCUT2D eigenvalue weighted by atomic mass is 35.5. The van der Waals surface area contributed by atoms with Crippen molar-refractivity contribution in [1.82, 2.24) is 4.98 Å². The molecule has 0 aliphatic carbocycles. The zero-order valence-electron chi connectivity index (χ0n) is 13.3. The lowest BCUT2D eigenvalue weighted by Crippen LogP contribution is -2.06. The van der Waals surface area contributed by atoms with Crippen molar-refractivity contribution in [3.05, 3.63) is 58.9 Å². The van der Waals surface area contributed by atoms with E-state index < -0.39 is 5.82 Å². The van der Waals surface area contributed by atoms with Crippen LogP contribution in [-0.2, 0) is 6.54 Å². The molecule has 0 spiro atoms. The molecule has 2 aromatic carbocycles. The summed E-state index contributed by atoms with van der Waals surface area (Å²) in [6.45, 7) is 0.339. The average Bonchev–Trinajstić information content (AvgIpc) is 2.63. The van der Waals surface area contributed by atoms with E-state index in [0.717, 1.165) is 5.56 Å². The lowest BCUT2D eigenvalue weighted by Gasteiger charge is -2.13. The molecule has 0 atom stereocenters. The Morgan fingerprint density at radius 2 is 1.92 bits per heavy atom. The minimum atomic E-state index is -0.567. The van der Waals surface area contributed by atoms with Crippen LogP contribution in [-0.4, -0.2) is 19.2 Å². The van der Waals surface area contributed by atoms with Crippen molar-refractivity contribution in [2.75, 3.05) is 19.5 Å². The van der Waals surface area contributed by atoms with Gasteiger partial charge in [0.15, 0.2) is 11.6 Å². The van der Waals surface area contributed by atoms with Crippen molar-refractivity contribution in [2.24, 2.45) is 0 Å². The zero-order chi connectivity index (χ0) is 17.1. The van der Waals surface area contributed by atoms with Gasteiger partial charge in [-0.15, -0.1) is 0 Å². The van der Waals surface area contributed by atoms with E-state index >= 15 is 0 Å². The quantitative estimate of drug-likeness (QED) is 0.730. The molecule has 6 heteroatoms. The maximum atomic E-state index is 14.4. The van der Waals surface area contributed by atoms with Crippen LogP contribution in [0.25, 0.3) is 10.9 Å². The van der Waals surface area contributed by atoms with Gasteiger partial charge in [-0.3, -0.25) is 0 Å². The van der Waals surface area contributed by atoms with Gasteiger partial charge in [0.1, 0.15) is 11.5 Å². The van der Waals surface area contributed by atoms with Crippen molar-refractivity contribution >= 4 is 28.3 Å². The largest absolute Gasteiger partial charge is 0.497 e. The maximum Gasteiger partial charge on any atom is 0.184 e. The van der Waals surface area contributed by atoms with Gasteiger partial charge in [0.2, 0.25) is 0 Å². The van der Waals surface area contributed by atoms with Gasteiger partial charge < -0.3 is 14.8 Å². The molecule has 0 saturated heterocycles. The number of para-hydroxylation sites is 1. The van der Waals surface area contributed by atoms with Crippen LogP contribution >= 0.6 is 11.6 Å². The van der Waals surface area contributed by atoms with Crippen molar-refractivity contribution in [3.63, 3.8) is 0 Å². The maximum absolute atomic E-state index is 14.4. The number of anilines is 1. The molecule has 0 bridgehead atoms. The van der Waals surface area contributed by atoms with Crippen molar-refractivity contribution in [3.8, 4) is 11.5 Å². The van der Waals surface area contributed by atoms with E-state index in [0.29, 0.717) is 28.9 Å². The first kappa shape index (κ1) is 16.3. The number of pyridine rings is 1. The number of nitrogens with zero attached hydrogens (tertiary/aromatic N) is 1. The molecule has 0 saturated carbocycles. The Bertz CT molecular complexity index is 886. The van der Waals surface area contributed by atoms with E-state index in [-0.39, 0.29) is 10.8 Å². The smallest absolute Gasteiger partial charge is 0.184 e. The lowest BCUT2D eigenvalue weighted by molar-refractivity contribution is 0.391. The van der Waals surface area contributed by atoms with Crippen LogP contribution in [0.2, 0.25) is 5.02 Å². The molecule has 0 aliphatic heterocycles. The minimum absolute atomic E-state index is 0.0600. The summed E-state index contributed by atoms with van der Waals surface area (Å²) in [6, 6.07) is 12.6. The van der Waals surface area contributed by atoms with Gasteiger partial charge >= 0.3 is 0 Å². The number of nitrogens with one attached hydrogen (secondary N) is 1. The van der Waals surface area contributed by atoms with Gasteiger partial charge in [0.05, 0.1) is 24.8 Å². The third-order valence-electron chi connectivity index (χ3n) is 3.71. The Labute approximate surface area is 144 Å². The molecule has 24 heavy (non-hydrogen) atoms. The molecule has 0 radical (unpaired) electrons. The summed E-state index contributed by atoms with van der Waals surface area (Å²) < 4.78 is 24.9. The number of benzene rings is 2. The SMILES string of the molecule is COc1ccc(CNc2nc3ccccc3c(Cl)c2F)c(OC)c1. The molecule has 1 aromatic heterocycles. The van der Waals surface area contributed by atoms with Gasteiger partial charge in [-0.25, -0.2) is 9.37 Å². The van der Waals surface area contributed by atoms with Crippen LogP contribution in [0.15, 0.2) is 42.5 Å². The molecule has 0 aliphatic rings. The van der Waals surface area contributed by atoms with Crippen LogP contribution in [0.1, 0.15) is 5.56 Å². The van der Waals surface area contributed by atoms with Crippen LogP contribution in [0, 0.1) is 5.82 Å². The van der Waals surface area contributed by atoms with E-state index in [4.69, 9.17) is 21.1 Å². The fraction of sp³-hybridized carbons (Fsp3) is 0.167. The number of hydrogen-bond acceptors (Lipinski definition) is 4. The third-order valence-corrected chi connectivity index (χ3v) is 4.08. The van der Waals surface area contributed by atoms with Crippen LogP contribution in [0.3, 0.4) is 0 Å². The molecular weight excluding hydrogens is 331 g/mol. The summed E-state index contributed by atoms with van der Waals surface area (Å²) in [4.78, 5) is 4.30. The summed E-state index contributed by atoms with van der Waals surface area (Å²) in [5.41, 5.74) is 1.48. The molecule has 0 amide bonds. The normalized spacial score (nSPS) is 10.7. The molecule has 0 unspecified atom stereocenters. The second-order valence-corrected chi connectivity index (χ2v) is 5.51. The third kappa shape index (κ3) is 3.08. The summed E-state index contributed by atoms with van der Waals surface area (Å²) in [6.07, 6.45) is 0. The van der Waals surface area contributed by atoms with Gasteiger partial charge in [0.25, 0.3) is 0 Å². The number of ether oxygens (including phenoxy) is 2. The fourth-order valence-corrected chi connectivity index (χ4v) is 2.69. The highest BCUT2D eigenvalue weighted by Crippen LogP contribution is 2.30. The van der Waals surface area contributed by atoms with E-state index in [2.05, 4.69) is 10.3 Å². The fourth-order valence-electron chi connectivity index (χ4n) is 2.44. The molecule has 1 heterocycles. The number of aromatic nitrogens is 1. The first-order valence-corrected chi connectivity index (χ1v) is 7.70. The van der Waals surface area contributed by atoms with Gasteiger partial charge in [-0.05, 0) is 18.2 Å². The Balaban J connectivity index is 1.90. The Kier molecular flexibility index (Phi) is 4.71. The average molecular weight is 347 g/mol. The Morgan fingerprint density at radius 3 is 2.67 bits per heavy atom. The second kappa shape index (κ2) is 6.93. The van der Waals surface area contributed by atoms with E-state index in [9.17, 15) is 4.39 Å². The monoisotopic (exact) mass is 346 g/mol. The molecular formula is C18H16ClFN2O2. The standard InChI is InChI=1S/C18H16ClFN2O2/c1-23-12-8-7-11(15(9-12)24-2)10-21-18-17(20)16(19)13-5-3-4-6-14(13)22-18/h3-9H,10H2,1-2H3,(H,21,22). The van der Waals surface area contributed by atoms with E-state index in [1.54, 1.807) is 38.5 Å². The van der Waals surface area contributed by atoms with Crippen molar-refractivity contribution in [2.45, 2.75) is 6.54 Å².